The number of nitrogens with zero attached hydrogens (tertiary/aromatic N) is 1. The predicted molar refractivity (Wildman–Crippen MR) is 110 cm³/mol. The number of aromatic nitrogens is 1. The van der Waals surface area contributed by atoms with E-state index in [0.717, 1.165) is 52.1 Å². The lowest BCUT2D eigenvalue weighted by Gasteiger charge is -2.14. The fourth-order valence-electron chi connectivity index (χ4n) is 3.63. The van der Waals surface area contributed by atoms with Gasteiger partial charge in [-0.1, -0.05) is 66.3 Å². The largest absolute Gasteiger partial charge is 0.465 e. The highest BCUT2D eigenvalue weighted by atomic mass is 16.5. The van der Waals surface area contributed by atoms with Crippen molar-refractivity contribution in [1.29, 1.82) is 0 Å². The summed E-state index contributed by atoms with van der Waals surface area (Å²) in [5, 5.41) is 4.03. The maximum Gasteiger partial charge on any atom is 0.316 e. The Kier molecular flexibility index (Phi) is 4.63. The number of hydrogen-bond donors (Lipinski definition) is 0. The van der Waals surface area contributed by atoms with E-state index in [1.165, 1.54) is 0 Å². The summed E-state index contributed by atoms with van der Waals surface area (Å²) in [6.07, 6.45) is 3.50. The topological polar surface area (TPSA) is 52.3 Å². The molecule has 1 aliphatic rings. The third kappa shape index (κ3) is 3.05. The molecule has 0 radical (unpaired) electrons. The van der Waals surface area contributed by atoms with Crippen LogP contribution in [0.25, 0.3) is 28.5 Å². The average Bonchev–Trinajstić information content (AvgIpc) is 3.46. The van der Waals surface area contributed by atoms with Crippen molar-refractivity contribution < 1.29 is 14.1 Å². The smallest absolute Gasteiger partial charge is 0.316 e. The maximum absolute atomic E-state index is 12.3. The first-order valence-corrected chi connectivity index (χ1v) is 9.56. The molecule has 142 valence electrons. The fraction of sp³-hybridized carbons (Fsp3) is 0.250. The molecule has 3 aromatic rings. The Labute approximate surface area is 164 Å². The van der Waals surface area contributed by atoms with Crippen LogP contribution in [0.2, 0.25) is 0 Å². The van der Waals surface area contributed by atoms with Gasteiger partial charge in [0.2, 0.25) is 0 Å². The normalized spacial score (nSPS) is 14.5. The summed E-state index contributed by atoms with van der Waals surface area (Å²) in [6.45, 7) is 8.01. The SMILES string of the molecule is C=Cc1c(C)noc1-c1ccc(-c2ccc(C3(C(=O)OCC)CC3)cc2)cc1. The molecular formula is C24H23NO3. The zero-order valence-corrected chi connectivity index (χ0v) is 16.2. The van der Waals surface area contributed by atoms with E-state index in [0.29, 0.717) is 6.61 Å². The van der Waals surface area contributed by atoms with Crippen molar-refractivity contribution >= 4 is 12.0 Å². The number of aryl methyl sites for hydroxylation is 1. The third-order valence-corrected chi connectivity index (χ3v) is 5.45. The van der Waals surface area contributed by atoms with Crippen LogP contribution in [0.3, 0.4) is 0 Å². The van der Waals surface area contributed by atoms with Gasteiger partial charge in [0.1, 0.15) is 0 Å². The van der Waals surface area contributed by atoms with Gasteiger partial charge in [0.15, 0.2) is 5.76 Å². The minimum Gasteiger partial charge on any atom is -0.465 e. The zero-order chi connectivity index (χ0) is 19.7. The fourth-order valence-corrected chi connectivity index (χ4v) is 3.63. The highest BCUT2D eigenvalue weighted by molar-refractivity contribution is 5.87. The molecule has 4 rings (SSSR count). The predicted octanol–water partition coefficient (Wildman–Crippen LogP) is 5.55. The lowest BCUT2D eigenvalue weighted by Crippen LogP contribution is -2.23. The summed E-state index contributed by atoms with van der Waals surface area (Å²) in [7, 11) is 0. The molecular weight excluding hydrogens is 350 g/mol. The number of esters is 1. The van der Waals surface area contributed by atoms with Crippen molar-refractivity contribution in [2.24, 2.45) is 0 Å². The lowest BCUT2D eigenvalue weighted by atomic mass is 9.93. The number of benzene rings is 2. The monoisotopic (exact) mass is 373 g/mol. The second kappa shape index (κ2) is 7.12. The van der Waals surface area contributed by atoms with Crippen molar-refractivity contribution in [2.45, 2.75) is 32.1 Å². The Hall–Kier alpha value is -3.14. The van der Waals surface area contributed by atoms with E-state index in [2.05, 4.69) is 36.0 Å². The molecule has 1 saturated carbocycles. The van der Waals surface area contributed by atoms with Crippen LogP contribution >= 0.6 is 0 Å². The molecule has 0 bridgehead atoms. The van der Waals surface area contributed by atoms with Crippen LogP contribution < -0.4 is 0 Å². The van der Waals surface area contributed by atoms with E-state index in [1.807, 2.05) is 38.1 Å². The van der Waals surface area contributed by atoms with Gasteiger partial charge < -0.3 is 9.26 Å². The van der Waals surface area contributed by atoms with Crippen LogP contribution in [-0.2, 0) is 14.9 Å². The molecule has 0 N–H and O–H groups in total. The highest BCUT2D eigenvalue weighted by Gasteiger charge is 2.52. The van der Waals surface area contributed by atoms with Crippen LogP contribution in [-0.4, -0.2) is 17.7 Å². The molecule has 28 heavy (non-hydrogen) atoms. The van der Waals surface area contributed by atoms with Gasteiger partial charge in [-0.25, -0.2) is 0 Å². The summed E-state index contributed by atoms with van der Waals surface area (Å²) >= 11 is 0. The Balaban J connectivity index is 1.57. The van der Waals surface area contributed by atoms with Crippen LogP contribution in [0, 0.1) is 6.92 Å². The van der Waals surface area contributed by atoms with Crippen LogP contribution in [0.15, 0.2) is 59.6 Å². The highest BCUT2D eigenvalue weighted by Crippen LogP contribution is 2.49. The minimum absolute atomic E-state index is 0.104. The Morgan fingerprint density at radius 1 is 1.11 bits per heavy atom. The number of carbonyl (C=O) groups is 1. The first-order chi connectivity index (χ1) is 13.6. The molecule has 1 aromatic heterocycles. The van der Waals surface area contributed by atoms with Gasteiger partial charge in [-0.15, -0.1) is 0 Å². The van der Waals surface area contributed by atoms with E-state index in [1.54, 1.807) is 6.08 Å². The maximum atomic E-state index is 12.3. The summed E-state index contributed by atoms with van der Waals surface area (Å²) < 4.78 is 10.7. The molecule has 4 heteroatoms. The van der Waals surface area contributed by atoms with Gasteiger partial charge in [-0.2, -0.15) is 0 Å². The second-order valence-corrected chi connectivity index (χ2v) is 7.17. The van der Waals surface area contributed by atoms with E-state index in [4.69, 9.17) is 9.26 Å². The lowest BCUT2D eigenvalue weighted by molar-refractivity contribution is -0.146. The van der Waals surface area contributed by atoms with Crippen molar-refractivity contribution in [2.75, 3.05) is 6.61 Å². The van der Waals surface area contributed by atoms with E-state index in [-0.39, 0.29) is 5.97 Å². The Morgan fingerprint density at radius 2 is 1.68 bits per heavy atom. The molecule has 0 atom stereocenters. The van der Waals surface area contributed by atoms with E-state index < -0.39 is 5.41 Å². The molecule has 1 fully saturated rings. The van der Waals surface area contributed by atoms with Gasteiger partial charge in [0.05, 0.1) is 17.7 Å². The van der Waals surface area contributed by atoms with Crippen LogP contribution in [0.5, 0.6) is 0 Å². The van der Waals surface area contributed by atoms with Crippen LogP contribution in [0.4, 0.5) is 0 Å². The quantitative estimate of drug-likeness (QED) is 0.531. The molecule has 2 aromatic carbocycles. The first-order valence-electron chi connectivity index (χ1n) is 9.56. The summed E-state index contributed by atoms with van der Waals surface area (Å²) in [4.78, 5) is 12.3. The molecule has 1 heterocycles. The number of carbonyl (C=O) groups excluding carboxylic acids is 1. The molecule has 1 aliphatic carbocycles. The summed E-state index contributed by atoms with van der Waals surface area (Å²) in [6, 6.07) is 16.4. The molecule has 0 amide bonds. The van der Waals surface area contributed by atoms with E-state index >= 15 is 0 Å². The van der Waals surface area contributed by atoms with Crippen molar-refractivity contribution in [1.82, 2.24) is 5.16 Å². The van der Waals surface area contributed by atoms with Crippen LogP contribution in [0.1, 0.15) is 36.6 Å². The zero-order valence-electron chi connectivity index (χ0n) is 16.2. The Morgan fingerprint density at radius 3 is 2.21 bits per heavy atom. The standard InChI is InChI=1S/C24H23NO3/c1-4-21-16(3)25-28-22(21)19-8-6-17(7-9-19)18-10-12-20(13-11-18)24(14-15-24)23(26)27-5-2/h4,6-13H,1,5,14-15H2,2-3H3. The Bertz CT molecular complexity index is 1010. The summed E-state index contributed by atoms with van der Waals surface area (Å²) in [5.41, 5.74) is 5.55. The third-order valence-electron chi connectivity index (χ3n) is 5.45. The molecule has 0 unspecified atom stereocenters. The molecule has 0 saturated heterocycles. The van der Waals surface area contributed by atoms with Crippen molar-refractivity contribution in [3.63, 3.8) is 0 Å². The second-order valence-electron chi connectivity index (χ2n) is 7.17. The number of hydrogen-bond acceptors (Lipinski definition) is 4. The van der Waals surface area contributed by atoms with Crippen molar-refractivity contribution in [3.05, 3.63) is 71.9 Å². The number of rotatable bonds is 6. The van der Waals surface area contributed by atoms with Gasteiger partial charge in [0.25, 0.3) is 0 Å². The van der Waals surface area contributed by atoms with E-state index in [9.17, 15) is 4.79 Å². The average molecular weight is 373 g/mol. The minimum atomic E-state index is -0.427. The van der Waals surface area contributed by atoms with Gasteiger partial charge in [-0.3, -0.25) is 4.79 Å². The summed E-state index contributed by atoms with van der Waals surface area (Å²) in [5.74, 6) is 0.631. The van der Waals surface area contributed by atoms with Gasteiger partial charge in [-0.05, 0) is 43.4 Å². The molecule has 0 spiro atoms. The van der Waals surface area contributed by atoms with Gasteiger partial charge >= 0.3 is 5.97 Å². The first kappa shape index (κ1) is 18.2. The molecule has 4 nitrogen and oxygen atoms in total. The van der Waals surface area contributed by atoms with Gasteiger partial charge in [0, 0.05) is 11.1 Å². The number of ether oxygens (including phenoxy) is 1. The molecule has 0 aliphatic heterocycles. The van der Waals surface area contributed by atoms with Crippen molar-refractivity contribution in [3.8, 4) is 22.5 Å².